The van der Waals surface area contributed by atoms with Crippen LogP contribution in [0.25, 0.3) is 0 Å². The first-order valence-electron chi connectivity index (χ1n) is 5.09. The third-order valence-electron chi connectivity index (χ3n) is 2.06. The number of aromatic nitrogens is 2. The summed E-state index contributed by atoms with van der Waals surface area (Å²) in [6, 6.07) is 0. The Morgan fingerprint density at radius 2 is 2.35 bits per heavy atom. The predicted octanol–water partition coefficient (Wildman–Crippen LogP) is 1.08. The number of hydrogen-bond donors (Lipinski definition) is 2. The first-order chi connectivity index (χ1) is 8.24. The van der Waals surface area contributed by atoms with Crippen molar-refractivity contribution in [2.24, 2.45) is 0 Å². The van der Waals surface area contributed by atoms with E-state index in [-0.39, 0.29) is 12.3 Å². The van der Waals surface area contributed by atoms with Gasteiger partial charge in [0.2, 0.25) is 5.91 Å². The van der Waals surface area contributed by atoms with Crippen LogP contribution in [0.4, 0.5) is 5.13 Å². The standard InChI is InChI=1S/C10H12N4OS2/c11-10-14-7(6-17-10)5-8(15)12-2-1-9-13-3-4-16-9/h3-4,6H,1-2,5H2,(H2,11,14)(H,12,15). The molecule has 0 aliphatic heterocycles. The SMILES string of the molecule is Nc1nc(CC(=O)NCCc2nccs2)cs1. The number of nitrogens with zero attached hydrogens (tertiary/aromatic N) is 2. The molecule has 0 aromatic carbocycles. The van der Waals surface area contributed by atoms with Crippen LogP contribution in [0, 0.1) is 0 Å². The van der Waals surface area contributed by atoms with Crippen molar-refractivity contribution in [1.29, 1.82) is 0 Å². The van der Waals surface area contributed by atoms with Gasteiger partial charge in [0.15, 0.2) is 5.13 Å². The van der Waals surface area contributed by atoms with Gasteiger partial charge in [-0.1, -0.05) is 0 Å². The van der Waals surface area contributed by atoms with Crippen LogP contribution in [0.1, 0.15) is 10.7 Å². The zero-order chi connectivity index (χ0) is 12.1. The molecule has 17 heavy (non-hydrogen) atoms. The van der Waals surface area contributed by atoms with Crippen LogP contribution in [0.3, 0.4) is 0 Å². The normalized spacial score (nSPS) is 10.4. The fourth-order valence-corrected chi connectivity index (χ4v) is 2.50. The van der Waals surface area contributed by atoms with Gasteiger partial charge in [0.25, 0.3) is 0 Å². The molecule has 0 saturated heterocycles. The van der Waals surface area contributed by atoms with Crippen LogP contribution in [-0.4, -0.2) is 22.4 Å². The molecule has 0 aliphatic carbocycles. The number of nitrogen functional groups attached to an aromatic ring is 1. The summed E-state index contributed by atoms with van der Waals surface area (Å²) >= 11 is 2.94. The Balaban J connectivity index is 1.71. The lowest BCUT2D eigenvalue weighted by molar-refractivity contribution is -0.120. The minimum Gasteiger partial charge on any atom is -0.375 e. The van der Waals surface area contributed by atoms with E-state index in [4.69, 9.17) is 5.73 Å². The summed E-state index contributed by atoms with van der Waals surface area (Å²) in [5.41, 5.74) is 6.21. The molecule has 90 valence electrons. The lowest BCUT2D eigenvalue weighted by Gasteiger charge is -2.01. The Morgan fingerprint density at radius 1 is 1.47 bits per heavy atom. The van der Waals surface area contributed by atoms with E-state index in [1.54, 1.807) is 22.9 Å². The second-order valence-corrected chi connectivity index (χ2v) is 5.25. The lowest BCUT2D eigenvalue weighted by Crippen LogP contribution is -2.27. The summed E-state index contributed by atoms with van der Waals surface area (Å²) in [4.78, 5) is 19.7. The van der Waals surface area contributed by atoms with Gasteiger partial charge in [0, 0.05) is 29.9 Å². The molecular weight excluding hydrogens is 256 g/mol. The van der Waals surface area contributed by atoms with Crippen molar-refractivity contribution in [2.45, 2.75) is 12.8 Å². The maximum atomic E-state index is 11.5. The number of amides is 1. The summed E-state index contributed by atoms with van der Waals surface area (Å²) < 4.78 is 0. The summed E-state index contributed by atoms with van der Waals surface area (Å²) in [6.07, 6.45) is 2.81. The third-order valence-corrected chi connectivity index (χ3v) is 3.62. The van der Waals surface area contributed by atoms with Crippen LogP contribution in [0.15, 0.2) is 17.0 Å². The first-order valence-corrected chi connectivity index (χ1v) is 6.85. The highest BCUT2D eigenvalue weighted by atomic mass is 32.1. The highest BCUT2D eigenvalue weighted by molar-refractivity contribution is 7.13. The Morgan fingerprint density at radius 3 is 3.00 bits per heavy atom. The molecular formula is C10H12N4OS2. The van der Waals surface area contributed by atoms with E-state index in [2.05, 4.69) is 15.3 Å². The van der Waals surface area contributed by atoms with E-state index in [1.165, 1.54) is 11.3 Å². The second kappa shape index (κ2) is 5.74. The van der Waals surface area contributed by atoms with Crippen molar-refractivity contribution < 1.29 is 4.79 Å². The van der Waals surface area contributed by atoms with E-state index in [1.807, 2.05) is 5.38 Å². The highest BCUT2D eigenvalue weighted by Gasteiger charge is 2.06. The zero-order valence-corrected chi connectivity index (χ0v) is 10.7. The number of nitrogens with one attached hydrogen (secondary N) is 1. The highest BCUT2D eigenvalue weighted by Crippen LogP contribution is 2.11. The van der Waals surface area contributed by atoms with E-state index in [9.17, 15) is 4.79 Å². The quantitative estimate of drug-likeness (QED) is 0.850. The van der Waals surface area contributed by atoms with E-state index in [0.717, 1.165) is 17.1 Å². The van der Waals surface area contributed by atoms with Crippen molar-refractivity contribution >= 4 is 33.7 Å². The lowest BCUT2D eigenvalue weighted by atomic mass is 10.3. The Kier molecular flexibility index (Phi) is 4.05. The summed E-state index contributed by atoms with van der Waals surface area (Å²) in [5, 5.41) is 8.08. The van der Waals surface area contributed by atoms with Crippen molar-refractivity contribution in [3.05, 3.63) is 27.7 Å². The molecule has 7 heteroatoms. The molecule has 1 amide bonds. The summed E-state index contributed by atoms with van der Waals surface area (Å²) in [7, 11) is 0. The topological polar surface area (TPSA) is 80.9 Å². The largest absolute Gasteiger partial charge is 0.375 e. The number of anilines is 1. The van der Waals surface area contributed by atoms with Crippen molar-refractivity contribution in [2.75, 3.05) is 12.3 Å². The van der Waals surface area contributed by atoms with Gasteiger partial charge in [0.05, 0.1) is 17.1 Å². The van der Waals surface area contributed by atoms with Gasteiger partial charge in [0.1, 0.15) is 0 Å². The number of nitrogens with two attached hydrogens (primary N) is 1. The Labute approximate surface area is 107 Å². The van der Waals surface area contributed by atoms with Gasteiger partial charge < -0.3 is 11.1 Å². The van der Waals surface area contributed by atoms with Crippen LogP contribution >= 0.6 is 22.7 Å². The molecule has 0 bridgehead atoms. The maximum Gasteiger partial charge on any atom is 0.226 e. The minimum absolute atomic E-state index is 0.0353. The minimum atomic E-state index is -0.0353. The van der Waals surface area contributed by atoms with Gasteiger partial charge in [-0.3, -0.25) is 4.79 Å². The molecule has 0 atom stereocenters. The fraction of sp³-hybridized carbons (Fsp3) is 0.300. The maximum absolute atomic E-state index is 11.5. The van der Waals surface area contributed by atoms with Gasteiger partial charge in [-0.2, -0.15) is 0 Å². The molecule has 3 N–H and O–H groups in total. The van der Waals surface area contributed by atoms with Crippen molar-refractivity contribution in [3.63, 3.8) is 0 Å². The van der Waals surface area contributed by atoms with Gasteiger partial charge in [-0.25, -0.2) is 9.97 Å². The third kappa shape index (κ3) is 3.79. The monoisotopic (exact) mass is 268 g/mol. The van der Waals surface area contributed by atoms with E-state index < -0.39 is 0 Å². The predicted molar refractivity (Wildman–Crippen MR) is 69.1 cm³/mol. The van der Waals surface area contributed by atoms with Crippen molar-refractivity contribution in [1.82, 2.24) is 15.3 Å². The van der Waals surface area contributed by atoms with E-state index in [0.29, 0.717) is 11.7 Å². The smallest absolute Gasteiger partial charge is 0.226 e. The summed E-state index contributed by atoms with van der Waals surface area (Å²) in [5.74, 6) is -0.0353. The van der Waals surface area contributed by atoms with Crippen LogP contribution in [0.5, 0.6) is 0 Å². The van der Waals surface area contributed by atoms with Crippen molar-refractivity contribution in [3.8, 4) is 0 Å². The first kappa shape index (κ1) is 12.0. The Hall–Kier alpha value is -1.47. The molecule has 0 saturated carbocycles. The van der Waals surface area contributed by atoms with E-state index >= 15 is 0 Å². The molecule has 0 spiro atoms. The number of carbonyl (C=O) groups excluding carboxylic acids is 1. The molecule has 0 unspecified atom stereocenters. The number of carbonyl (C=O) groups is 1. The number of rotatable bonds is 5. The van der Waals surface area contributed by atoms with Gasteiger partial charge in [-0.05, 0) is 0 Å². The number of hydrogen-bond acceptors (Lipinski definition) is 6. The second-order valence-electron chi connectivity index (χ2n) is 3.38. The molecule has 2 aromatic rings. The number of thiazole rings is 2. The molecule has 0 aliphatic rings. The average molecular weight is 268 g/mol. The van der Waals surface area contributed by atoms with Crippen LogP contribution < -0.4 is 11.1 Å². The Bertz CT molecular complexity index is 480. The average Bonchev–Trinajstić information content (AvgIpc) is 2.90. The molecule has 5 nitrogen and oxygen atoms in total. The fourth-order valence-electron chi connectivity index (χ4n) is 1.32. The van der Waals surface area contributed by atoms with Crippen LogP contribution in [-0.2, 0) is 17.6 Å². The molecule has 2 rings (SSSR count). The molecule has 2 heterocycles. The zero-order valence-electron chi connectivity index (χ0n) is 9.05. The molecule has 0 fully saturated rings. The summed E-state index contributed by atoms with van der Waals surface area (Å²) in [6.45, 7) is 0.603. The van der Waals surface area contributed by atoms with Gasteiger partial charge >= 0.3 is 0 Å². The van der Waals surface area contributed by atoms with Gasteiger partial charge in [-0.15, -0.1) is 22.7 Å². The molecule has 0 radical (unpaired) electrons. The van der Waals surface area contributed by atoms with Crippen LogP contribution in [0.2, 0.25) is 0 Å². The molecule has 2 aromatic heterocycles.